The highest BCUT2D eigenvalue weighted by Crippen LogP contribution is 2.29. The Bertz CT molecular complexity index is 1510. The summed E-state index contributed by atoms with van der Waals surface area (Å²) < 4.78 is 17.8. The molecule has 3 aromatic rings. The lowest BCUT2D eigenvalue weighted by molar-refractivity contribution is -0.131. The van der Waals surface area contributed by atoms with Gasteiger partial charge in [-0.2, -0.15) is 0 Å². The molecule has 4 rings (SSSR count). The van der Waals surface area contributed by atoms with Crippen molar-refractivity contribution in [2.24, 2.45) is 5.92 Å². The van der Waals surface area contributed by atoms with Crippen LogP contribution < -0.4 is 15.4 Å². The number of ether oxygens (including phenoxy) is 2. The summed E-state index contributed by atoms with van der Waals surface area (Å²) in [5.41, 5.74) is 2.59. The van der Waals surface area contributed by atoms with E-state index in [1.165, 1.54) is 0 Å². The van der Waals surface area contributed by atoms with Crippen LogP contribution in [-0.4, -0.2) is 89.5 Å². The van der Waals surface area contributed by atoms with E-state index in [1.807, 2.05) is 44.2 Å². The average Bonchev–Trinajstić information content (AvgIpc) is 3.38. The molecule has 0 aliphatic carbocycles. The number of urea groups is 1. The zero-order valence-electron chi connectivity index (χ0n) is 28.8. The van der Waals surface area contributed by atoms with Crippen molar-refractivity contribution in [1.82, 2.24) is 15.0 Å². The van der Waals surface area contributed by atoms with E-state index in [2.05, 4.69) is 15.8 Å². The largest absolute Gasteiger partial charge is 0.490 e. The number of hydrogen-bond acceptors (Lipinski definition) is 8. The monoisotopic (exact) mass is 663 g/mol. The van der Waals surface area contributed by atoms with Gasteiger partial charge in [0.15, 0.2) is 5.76 Å². The van der Waals surface area contributed by atoms with E-state index in [9.17, 15) is 19.5 Å². The molecule has 4 atom stereocenters. The van der Waals surface area contributed by atoms with Crippen LogP contribution in [0.25, 0.3) is 0 Å². The first-order valence-corrected chi connectivity index (χ1v) is 16.6. The molecule has 0 spiro atoms. The molecule has 48 heavy (non-hydrogen) atoms. The maximum atomic E-state index is 14.4. The third-order valence-corrected chi connectivity index (χ3v) is 8.66. The molecular formula is C36H49N5O7. The van der Waals surface area contributed by atoms with Gasteiger partial charge in [0.05, 0.1) is 36.8 Å². The highest BCUT2D eigenvalue weighted by molar-refractivity contribution is 6.03. The van der Waals surface area contributed by atoms with Crippen LogP contribution in [-0.2, 0) is 16.0 Å². The maximum Gasteiger partial charge on any atom is 0.323 e. The number of amides is 4. The Hall–Kier alpha value is -4.42. The van der Waals surface area contributed by atoms with Gasteiger partial charge < -0.3 is 39.5 Å². The van der Waals surface area contributed by atoms with Gasteiger partial charge in [-0.1, -0.05) is 42.4 Å². The van der Waals surface area contributed by atoms with Crippen molar-refractivity contribution in [3.8, 4) is 5.75 Å². The van der Waals surface area contributed by atoms with E-state index >= 15 is 0 Å². The Morgan fingerprint density at radius 3 is 2.54 bits per heavy atom. The summed E-state index contributed by atoms with van der Waals surface area (Å²) in [7, 11) is 1.78. The molecule has 0 unspecified atom stereocenters. The van der Waals surface area contributed by atoms with Crippen LogP contribution in [0.5, 0.6) is 5.75 Å². The Morgan fingerprint density at radius 1 is 1.10 bits per heavy atom. The second-order valence-corrected chi connectivity index (χ2v) is 12.7. The Balaban J connectivity index is 1.59. The van der Waals surface area contributed by atoms with Crippen molar-refractivity contribution in [3.63, 3.8) is 0 Å². The van der Waals surface area contributed by atoms with Gasteiger partial charge in [-0.05, 0) is 70.7 Å². The standard InChI is InChI=1S/C36H49N5O7/c1-23-20-41(24(2)22-42)35(44)30-19-29(37-36(45)38-34-26(4)39-48-27(34)5)15-16-31(30)47-25(3)12-10-11-17-46-32(23)21-40(6)33(43)18-28-13-8-7-9-14-28/h7-9,13-16,19,23-25,32,42H,10-12,17-18,20-22H2,1-6H3,(H2,37,38,45)/t23-,24+,25-,32-/m0/s1. The summed E-state index contributed by atoms with van der Waals surface area (Å²) in [5, 5.41) is 19.6. The third-order valence-electron chi connectivity index (χ3n) is 8.66. The van der Waals surface area contributed by atoms with Crippen molar-refractivity contribution >= 4 is 29.2 Å². The van der Waals surface area contributed by atoms with Crippen molar-refractivity contribution < 1.29 is 33.5 Å². The van der Waals surface area contributed by atoms with Gasteiger partial charge in [0.25, 0.3) is 5.91 Å². The number of rotatable bonds is 8. The number of fused-ring (bicyclic) bond motifs is 1. The lowest BCUT2D eigenvalue weighted by atomic mass is 10.0. The van der Waals surface area contributed by atoms with Crippen LogP contribution in [0.15, 0.2) is 53.1 Å². The quantitative estimate of drug-likeness (QED) is 0.289. The zero-order valence-corrected chi connectivity index (χ0v) is 28.8. The first kappa shape index (κ1) is 36.4. The van der Waals surface area contributed by atoms with Crippen LogP contribution in [0.3, 0.4) is 0 Å². The number of aromatic nitrogens is 1. The number of hydrogen-bond donors (Lipinski definition) is 3. The number of carbonyl (C=O) groups is 3. The van der Waals surface area contributed by atoms with E-state index in [0.717, 1.165) is 24.8 Å². The Kier molecular flexibility index (Phi) is 13.0. The number of anilines is 2. The summed E-state index contributed by atoms with van der Waals surface area (Å²) in [6, 6.07) is 13.5. The van der Waals surface area contributed by atoms with E-state index in [1.54, 1.807) is 55.8 Å². The minimum absolute atomic E-state index is 0.0219. The molecule has 1 aromatic heterocycles. The number of benzene rings is 2. The van der Waals surface area contributed by atoms with Crippen LogP contribution in [0.1, 0.15) is 67.4 Å². The normalized spacial score (nSPS) is 19.8. The Morgan fingerprint density at radius 2 is 1.85 bits per heavy atom. The first-order chi connectivity index (χ1) is 23.0. The van der Waals surface area contributed by atoms with Gasteiger partial charge in [-0.3, -0.25) is 9.59 Å². The number of aliphatic hydroxyl groups excluding tert-OH is 1. The second-order valence-electron chi connectivity index (χ2n) is 12.7. The predicted octanol–water partition coefficient (Wildman–Crippen LogP) is 5.43. The molecule has 12 heteroatoms. The molecule has 0 radical (unpaired) electrons. The summed E-state index contributed by atoms with van der Waals surface area (Å²) >= 11 is 0. The number of nitrogens with zero attached hydrogens (tertiary/aromatic N) is 3. The van der Waals surface area contributed by atoms with Crippen LogP contribution in [0.2, 0.25) is 0 Å². The van der Waals surface area contributed by atoms with Crippen molar-refractivity contribution in [1.29, 1.82) is 0 Å². The fourth-order valence-corrected chi connectivity index (χ4v) is 5.68. The van der Waals surface area contributed by atoms with E-state index in [0.29, 0.717) is 41.7 Å². The molecule has 1 aliphatic heterocycles. The van der Waals surface area contributed by atoms with Gasteiger partial charge in [-0.15, -0.1) is 0 Å². The lowest BCUT2D eigenvalue weighted by Crippen LogP contribution is -2.48. The van der Waals surface area contributed by atoms with E-state index < -0.39 is 12.1 Å². The number of nitrogens with one attached hydrogen (secondary N) is 2. The smallest absolute Gasteiger partial charge is 0.323 e. The summed E-state index contributed by atoms with van der Waals surface area (Å²) in [4.78, 5) is 43.7. The number of aliphatic hydroxyl groups is 1. The van der Waals surface area contributed by atoms with Crippen LogP contribution in [0, 0.1) is 19.8 Å². The molecular weight excluding hydrogens is 614 g/mol. The lowest BCUT2D eigenvalue weighted by Gasteiger charge is -2.36. The molecule has 2 aromatic carbocycles. The zero-order chi connectivity index (χ0) is 34.8. The molecule has 2 heterocycles. The number of likely N-dealkylation sites (N-methyl/N-ethyl adjacent to an activating group) is 1. The molecule has 4 amide bonds. The van der Waals surface area contributed by atoms with Gasteiger partial charge in [0.1, 0.15) is 17.1 Å². The molecule has 0 fully saturated rings. The van der Waals surface area contributed by atoms with Crippen LogP contribution in [0.4, 0.5) is 16.2 Å². The first-order valence-electron chi connectivity index (χ1n) is 16.6. The molecule has 12 nitrogen and oxygen atoms in total. The number of aryl methyl sites for hydroxylation is 2. The van der Waals surface area contributed by atoms with Crippen molar-refractivity contribution in [2.75, 3.05) is 44.0 Å². The topological polar surface area (TPSA) is 146 Å². The van der Waals surface area contributed by atoms with Crippen LogP contribution >= 0.6 is 0 Å². The summed E-state index contributed by atoms with van der Waals surface area (Å²) in [6.45, 7) is 10.0. The van der Waals surface area contributed by atoms with Gasteiger partial charge >= 0.3 is 6.03 Å². The van der Waals surface area contributed by atoms with Crippen molar-refractivity contribution in [3.05, 3.63) is 71.1 Å². The SMILES string of the molecule is Cc1noc(C)c1NC(=O)Nc1ccc2c(c1)C(=O)N([C@H](C)CO)C[C@H](C)[C@H](CN(C)C(=O)Cc1ccccc1)OCCCC[C@H](C)O2. The molecule has 260 valence electrons. The van der Waals surface area contributed by atoms with Gasteiger partial charge in [0, 0.05) is 38.3 Å². The fourth-order valence-electron chi connectivity index (χ4n) is 5.68. The molecule has 0 saturated carbocycles. The van der Waals surface area contributed by atoms with E-state index in [4.69, 9.17) is 14.0 Å². The average molecular weight is 664 g/mol. The maximum absolute atomic E-state index is 14.4. The second kappa shape index (κ2) is 17.1. The Labute approximate surface area is 282 Å². The van der Waals surface area contributed by atoms with E-state index in [-0.39, 0.29) is 55.1 Å². The van der Waals surface area contributed by atoms with Crippen molar-refractivity contribution in [2.45, 2.75) is 78.6 Å². The molecule has 3 N–H and O–H groups in total. The van der Waals surface area contributed by atoms with Gasteiger partial charge in [-0.25, -0.2) is 4.79 Å². The minimum atomic E-state index is -0.532. The molecule has 0 saturated heterocycles. The fraction of sp³-hybridized carbons (Fsp3) is 0.500. The predicted molar refractivity (Wildman–Crippen MR) is 183 cm³/mol. The summed E-state index contributed by atoms with van der Waals surface area (Å²) in [6.07, 6.45) is 2.14. The highest BCUT2D eigenvalue weighted by atomic mass is 16.5. The minimum Gasteiger partial charge on any atom is -0.490 e. The molecule has 0 bridgehead atoms. The third kappa shape index (κ3) is 9.80. The van der Waals surface area contributed by atoms with Gasteiger partial charge in [0.2, 0.25) is 5.91 Å². The summed E-state index contributed by atoms with van der Waals surface area (Å²) in [5.74, 6) is 0.295. The highest BCUT2D eigenvalue weighted by Gasteiger charge is 2.31. The number of carbonyl (C=O) groups excluding carboxylic acids is 3. The molecule has 1 aliphatic rings.